The molecule has 0 amide bonds. The van der Waals surface area contributed by atoms with Crippen LogP contribution in [0.5, 0.6) is 5.75 Å². The molecular weight excluding hydrogens is 356 g/mol. The standard InChI is InChI=1S/C14H15BrN2O3S/c1-17(10-3-5-11(20-2)6-4-10)21(18,19)12-7-8-14(16)13(15)9-12/h3-9H,16H2,1-2H3. The molecule has 7 heteroatoms. The Hall–Kier alpha value is -1.73. The number of nitrogen functional groups attached to an aromatic ring is 1. The lowest BCUT2D eigenvalue weighted by Crippen LogP contribution is -2.26. The second-order valence-electron chi connectivity index (χ2n) is 4.35. The molecule has 0 heterocycles. The lowest BCUT2D eigenvalue weighted by molar-refractivity contribution is 0.415. The van der Waals surface area contributed by atoms with Crippen molar-refractivity contribution in [2.24, 2.45) is 0 Å². The lowest BCUT2D eigenvalue weighted by Gasteiger charge is -2.20. The minimum Gasteiger partial charge on any atom is -0.497 e. The number of nitrogens with two attached hydrogens (primary N) is 1. The summed E-state index contributed by atoms with van der Waals surface area (Å²) in [6.45, 7) is 0. The van der Waals surface area contributed by atoms with E-state index < -0.39 is 10.0 Å². The molecule has 2 aromatic carbocycles. The van der Waals surface area contributed by atoms with Gasteiger partial charge in [0.1, 0.15) is 5.75 Å². The van der Waals surface area contributed by atoms with Crippen LogP contribution in [0.25, 0.3) is 0 Å². The predicted octanol–water partition coefficient (Wildman–Crippen LogP) is 2.87. The minimum absolute atomic E-state index is 0.168. The van der Waals surface area contributed by atoms with Crippen LogP contribution < -0.4 is 14.8 Å². The first-order chi connectivity index (χ1) is 9.86. The van der Waals surface area contributed by atoms with E-state index in [1.807, 2.05) is 0 Å². The smallest absolute Gasteiger partial charge is 0.264 e. The van der Waals surface area contributed by atoms with E-state index in [-0.39, 0.29) is 4.90 Å². The van der Waals surface area contributed by atoms with Crippen LogP contribution in [0.4, 0.5) is 11.4 Å². The molecule has 5 nitrogen and oxygen atoms in total. The number of nitrogens with zero attached hydrogens (tertiary/aromatic N) is 1. The van der Waals surface area contributed by atoms with Gasteiger partial charge in [0.25, 0.3) is 10.0 Å². The van der Waals surface area contributed by atoms with Crippen molar-refractivity contribution in [3.05, 3.63) is 46.9 Å². The summed E-state index contributed by atoms with van der Waals surface area (Å²) >= 11 is 3.24. The second-order valence-corrected chi connectivity index (χ2v) is 7.18. The van der Waals surface area contributed by atoms with Gasteiger partial charge in [0.2, 0.25) is 0 Å². The Kier molecular flexibility index (Phi) is 4.43. The quantitative estimate of drug-likeness (QED) is 0.839. The topological polar surface area (TPSA) is 72.6 Å². The van der Waals surface area contributed by atoms with E-state index in [1.165, 1.54) is 23.5 Å². The fourth-order valence-electron chi connectivity index (χ4n) is 1.76. The highest BCUT2D eigenvalue weighted by molar-refractivity contribution is 9.10. The highest BCUT2D eigenvalue weighted by Gasteiger charge is 2.22. The van der Waals surface area contributed by atoms with Gasteiger partial charge in [0.15, 0.2) is 0 Å². The number of rotatable bonds is 4. The number of benzene rings is 2. The van der Waals surface area contributed by atoms with E-state index in [2.05, 4.69) is 15.9 Å². The minimum atomic E-state index is -3.64. The molecule has 0 bridgehead atoms. The van der Waals surface area contributed by atoms with Crippen molar-refractivity contribution < 1.29 is 13.2 Å². The van der Waals surface area contributed by atoms with Gasteiger partial charge in [-0.05, 0) is 58.4 Å². The molecule has 112 valence electrons. The molecule has 0 aliphatic rings. The summed E-state index contributed by atoms with van der Waals surface area (Å²) in [5, 5.41) is 0. The molecule has 2 rings (SSSR count). The molecule has 21 heavy (non-hydrogen) atoms. The van der Waals surface area contributed by atoms with Crippen molar-refractivity contribution in [2.45, 2.75) is 4.90 Å². The Labute approximate surface area is 132 Å². The van der Waals surface area contributed by atoms with E-state index in [1.54, 1.807) is 37.4 Å². The Bertz CT molecular complexity index is 745. The predicted molar refractivity (Wildman–Crippen MR) is 87.1 cm³/mol. The maximum Gasteiger partial charge on any atom is 0.264 e. The number of hydrogen-bond donors (Lipinski definition) is 1. The van der Waals surface area contributed by atoms with Crippen LogP contribution in [0.3, 0.4) is 0 Å². The number of methoxy groups -OCH3 is 1. The molecule has 0 unspecified atom stereocenters. The molecule has 0 saturated carbocycles. The van der Waals surface area contributed by atoms with Gasteiger partial charge in [-0.3, -0.25) is 4.31 Å². The van der Waals surface area contributed by atoms with E-state index in [9.17, 15) is 8.42 Å². The van der Waals surface area contributed by atoms with E-state index in [0.717, 1.165) is 0 Å². The number of ether oxygens (including phenoxy) is 1. The molecule has 0 aliphatic heterocycles. The van der Waals surface area contributed by atoms with Crippen molar-refractivity contribution in [1.29, 1.82) is 0 Å². The maximum absolute atomic E-state index is 12.6. The fourth-order valence-corrected chi connectivity index (χ4v) is 3.51. The van der Waals surface area contributed by atoms with Crippen LogP contribution in [0.15, 0.2) is 51.8 Å². The molecule has 0 radical (unpaired) electrons. The first kappa shape index (κ1) is 15.7. The van der Waals surface area contributed by atoms with E-state index in [0.29, 0.717) is 21.6 Å². The Morgan fingerprint density at radius 3 is 2.29 bits per heavy atom. The second kappa shape index (κ2) is 5.95. The normalized spacial score (nSPS) is 11.2. The Morgan fingerprint density at radius 1 is 1.14 bits per heavy atom. The molecule has 0 spiro atoms. The van der Waals surface area contributed by atoms with Gasteiger partial charge in [-0.1, -0.05) is 0 Å². The Balaban J connectivity index is 2.39. The third kappa shape index (κ3) is 3.14. The summed E-state index contributed by atoms with van der Waals surface area (Å²) in [5.74, 6) is 0.666. The van der Waals surface area contributed by atoms with Crippen molar-refractivity contribution >= 4 is 37.3 Å². The van der Waals surface area contributed by atoms with Crippen molar-refractivity contribution in [2.75, 3.05) is 24.2 Å². The lowest BCUT2D eigenvalue weighted by atomic mass is 10.3. The zero-order valence-corrected chi connectivity index (χ0v) is 14.0. The molecule has 0 atom stereocenters. The third-order valence-corrected chi connectivity index (χ3v) is 5.53. The molecule has 2 N–H and O–H groups in total. The average molecular weight is 371 g/mol. The summed E-state index contributed by atoms with van der Waals surface area (Å²) in [4.78, 5) is 0.168. The molecule has 0 saturated heterocycles. The largest absolute Gasteiger partial charge is 0.497 e. The van der Waals surface area contributed by atoms with Crippen LogP contribution >= 0.6 is 15.9 Å². The van der Waals surface area contributed by atoms with Crippen LogP contribution in [-0.4, -0.2) is 22.6 Å². The maximum atomic E-state index is 12.6. The van der Waals surface area contributed by atoms with Crippen LogP contribution in [0.1, 0.15) is 0 Å². The number of halogens is 1. The monoisotopic (exact) mass is 370 g/mol. The number of hydrogen-bond acceptors (Lipinski definition) is 4. The average Bonchev–Trinajstić information content (AvgIpc) is 2.49. The molecule has 0 aliphatic carbocycles. The first-order valence-corrected chi connectivity index (χ1v) is 8.27. The zero-order valence-electron chi connectivity index (χ0n) is 11.6. The summed E-state index contributed by atoms with van der Waals surface area (Å²) in [6, 6.07) is 11.3. The highest BCUT2D eigenvalue weighted by Crippen LogP contribution is 2.28. The summed E-state index contributed by atoms with van der Waals surface area (Å²) < 4.78 is 32.0. The third-order valence-electron chi connectivity index (χ3n) is 3.07. The first-order valence-electron chi connectivity index (χ1n) is 6.04. The molecule has 0 fully saturated rings. The summed E-state index contributed by atoms with van der Waals surface area (Å²) in [6.07, 6.45) is 0. The Morgan fingerprint density at radius 2 is 1.76 bits per heavy atom. The van der Waals surface area contributed by atoms with Gasteiger partial charge in [0.05, 0.1) is 17.7 Å². The van der Waals surface area contributed by atoms with E-state index in [4.69, 9.17) is 10.5 Å². The van der Waals surface area contributed by atoms with E-state index >= 15 is 0 Å². The van der Waals surface area contributed by atoms with Gasteiger partial charge >= 0.3 is 0 Å². The van der Waals surface area contributed by atoms with Gasteiger partial charge in [-0.25, -0.2) is 8.42 Å². The van der Waals surface area contributed by atoms with Gasteiger partial charge in [0, 0.05) is 17.2 Å². The van der Waals surface area contributed by atoms with Gasteiger partial charge < -0.3 is 10.5 Å². The van der Waals surface area contributed by atoms with Crippen molar-refractivity contribution in [3.63, 3.8) is 0 Å². The number of anilines is 2. The molecule has 2 aromatic rings. The number of sulfonamides is 1. The summed E-state index contributed by atoms with van der Waals surface area (Å²) in [7, 11) is -0.586. The molecule has 0 aromatic heterocycles. The van der Waals surface area contributed by atoms with Crippen LogP contribution in [0.2, 0.25) is 0 Å². The van der Waals surface area contributed by atoms with Crippen molar-refractivity contribution in [1.82, 2.24) is 0 Å². The van der Waals surface area contributed by atoms with Crippen LogP contribution in [0, 0.1) is 0 Å². The van der Waals surface area contributed by atoms with Crippen molar-refractivity contribution in [3.8, 4) is 5.75 Å². The highest BCUT2D eigenvalue weighted by atomic mass is 79.9. The molecular formula is C14H15BrN2O3S. The SMILES string of the molecule is COc1ccc(N(C)S(=O)(=O)c2ccc(N)c(Br)c2)cc1. The van der Waals surface area contributed by atoms with Crippen LogP contribution in [-0.2, 0) is 10.0 Å². The van der Waals surface area contributed by atoms with Gasteiger partial charge in [-0.15, -0.1) is 0 Å². The van der Waals surface area contributed by atoms with Gasteiger partial charge in [-0.2, -0.15) is 0 Å². The zero-order chi connectivity index (χ0) is 15.6. The summed E-state index contributed by atoms with van der Waals surface area (Å²) in [5.41, 5.74) is 6.71. The fraction of sp³-hybridized carbons (Fsp3) is 0.143.